The third kappa shape index (κ3) is 3.03. The van der Waals surface area contributed by atoms with Gasteiger partial charge < -0.3 is 5.32 Å². The van der Waals surface area contributed by atoms with Crippen LogP contribution in [0.15, 0.2) is 30.5 Å². The maximum atomic E-state index is 13.3. The van der Waals surface area contributed by atoms with E-state index in [0.29, 0.717) is 11.4 Å². The lowest BCUT2D eigenvalue weighted by atomic mass is 10.1. The van der Waals surface area contributed by atoms with E-state index >= 15 is 0 Å². The smallest absolute Gasteiger partial charge is 0.161 e. The van der Waals surface area contributed by atoms with Gasteiger partial charge in [-0.1, -0.05) is 6.92 Å². The molecule has 1 N–H and O–H groups in total. The average molecular weight is 245 g/mol. The van der Waals surface area contributed by atoms with Gasteiger partial charge in [-0.2, -0.15) is 0 Å². The highest BCUT2D eigenvalue weighted by atomic mass is 19.1. The van der Waals surface area contributed by atoms with Crippen molar-refractivity contribution in [2.45, 2.75) is 20.3 Å². The van der Waals surface area contributed by atoms with Crippen LogP contribution in [0.5, 0.6) is 0 Å². The number of benzene rings is 1. The van der Waals surface area contributed by atoms with Gasteiger partial charge in [-0.05, 0) is 43.2 Å². The summed E-state index contributed by atoms with van der Waals surface area (Å²) < 4.78 is 13.3. The summed E-state index contributed by atoms with van der Waals surface area (Å²) in [6, 6.07) is 6.63. The van der Waals surface area contributed by atoms with Crippen LogP contribution < -0.4 is 5.32 Å². The molecule has 0 aliphatic carbocycles. The number of rotatable bonds is 4. The molecule has 1 aromatic carbocycles. The Morgan fingerprint density at radius 3 is 2.83 bits per heavy atom. The molecule has 0 bridgehead atoms. The molecule has 0 spiro atoms. The lowest BCUT2D eigenvalue weighted by Gasteiger charge is -2.06. The molecule has 0 unspecified atom stereocenters. The lowest BCUT2D eigenvalue weighted by molar-refractivity contribution is 0.627. The van der Waals surface area contributed by atoms with Gasteiger partial charge in [0.2, 0.25) is 0 Å². The molecule has 0 aliphatic heterocycles. The quantitative estimate of drug-likeness (QED) is 0.897. The molecule has 2 aromatic rings. The van der Waals surface area contributed by atoms with Crippen LogP contribution in [-0.4, -0.2) is 16.5 Å². The number of aromatic nitrogens is 2. The summed E-state index contributed by atoms with van der Waals surface area (Å²) in [6.07, 6.45) is 2.71. The standard InChI is InChI=1S/C14H16FN3/c1-3-5-16-13-4-6-17-14(18-13)11-7-10(2)8-12(15)9-11/h4,6-9H,3,5H2,1-2H3,(H,16,17,18). The molecular formula is C14H16FN3. The van der Waals surface area contributed by atoms with E-state index in [1.165, 1.54) is 12.1 Å². The Hall–Kier alpha value is -1.97. The predicted molar refractivity (Wildman–Crippen MR) is 70.9 cm³/mol. The normalized spacial score (nSPS) is 10.4. The van der Waals surface area contributed by atoms with Gasteiger partial charge in [0, 0.05) is 18.3 Å². The Labute approximate surface area is 106 Å². The Balaban J connectivity index is 2.32. The molecule has 0 aliphatic rings. The van der Waals surface area contributed by atoms with Crippen LogP contribution in [0.1, 0.15) is 18.9 Å². The van der Waals surface area contributed by atoms with Gasteiger partial charge in [0.05, 0.1) is 0 Å². The van der Waals surface area contributed by atoms with Gasteiger partial charge in [0.15, 0.2) is 5.82 Å². The van der Waals surface area contributed by atoms with Crippen LogP contribution >= 0.6 is 0 Å². The van der Waals surface area contributed by atoms with E-state index in [2.05, 4.69) is 22.2 Å². The maximum absolute atomic E-state index is 13.3. The largest absolute Gasteiger partial charge is 0.370 e. The summed E-state index contributed by atoms with van der Waals surface area (Å²) in [6.45, 7) is 4.80. The first-order valence-corrected chi connectivity index (χ1v) is 6.03. The SMILES string of the molecule is CCCNc1ccnc(-c2cc(C)cc(F)c2)n1. The van der Waals surface area contributed by atoms with Crippen molar-refractivity contribution < 1.29 is 4.39 Å². The first kappa shape index (κ1) is 12.5. The number of nitrogens with one attached hydrogen (secondary N) is 1. The van der Waals surface area contributed by atoms with E-state index in [1.807, 2.05) is 19.1 Å². The fourth-order valence-corrected chi connectivity index (χ4v) is 1.71. The molecule has 0 saturated heterocycles. The van der Waals surface area contributed by atoms with Crippen molar-refractivity contribution >= 4 is 5.82 Å². The van der Waals surface area contributed by atoms with Crippen LogP contribution in [-0.2, 0) is 0 Å². The Morgan fingerprint density at radius 1 is 1.28 bits per heavy atom. The first-order chi connectivity index (χ1) is 8.69. The van der Waals surface area contributed by atoms with Crippen LogP contribution in [0.4, 0.5) is 10.2 Å². The van der Waals surface area contributed by atoms with Gasteiger partial charge in [-0.15, -0.1) is 0 Å². The van der Waals surface area contributed by atoms with Crippen LogP contribution in [0.2, 0.25) is 0 Å². The zero-order chi connectivity index (χ0) is 13.0. The van der Waals surface area contributed by atoms with Gasteiger partial charge in [0.1, 0.15) is 11.6 Å². The van der Waals surface area contributed by atoms with E-state index in [1.54, 1.807) is 6.20 Å². The third-order valence-electron chi connectivity index (χ3n) is 2.51. The molecule has 4 heteroatoms. The van der Waals surface area contributed by atoms with E-state index in [4.69, 9.17) is 0 Å². The van der Waals surface area contributed by atoms with Crippen molar-refractivity contribution in [1.29, 1.82) is 0 Å². The summed E-state index contributed by atoms with van der Waals surface area (Å²) in [5.41, 5.74) is 1.56. The highest BCUT2D eigenvalue weighted by molar-refractivity contribution is 5.58. The molecule has 0 radical (unpaired) electrons. The van der Waals surface area contributed by atoms with Gasteiger partial charge in [0.25, 0.3) is 0 Å². The highest BCUT2D eigenvalue weighted by Gasteiger charge is 2.05. The lowest BCUT2D eigenvalue weighted by Crippen LogP contribution is -2.03. The minimum absolute atomic E-state index is 0.263. The Bertz CT molecular complexity index is 520. The van der Waals surface area contributed by atoms with Gasteiger partial charge in [-0.3, -0.25) is 0 Å². The number of aryl methyl sites for hydroxylation is 1. The van der Waals surface area contributed by atoms with E-state index in [9.17, 15) is 4.39 Å². The van der Waals surface area contributed by atoms with Gasteiger partial charge in [-0.25, -0.2) is 14.4 Å². The summed E-state index contributed by atoms with van der Waals surface area (Å²) >= 11 is 0. The molecule has 1 aromatic heterocycles. The topological polar surface area (TPSA) is 37.8 Å². The highest BCUT2D eigenvalue weighted by Crippen LogP contribution is 2.19. The summed E-state index contributed by atoms with van der Waals surface area (Å²) in [4.78, 5) is 8.56. The van der Waals surface area contributed by atoms with E-state index in [-0.39, 0.29) is 5.82 Å². The molecule has 94 valence electrons. The summed E-state index contributed by atoms with van der Waals surface area (Å²) in [5, 5.41) is 3.19. The molecule has 1 heterocycles. The van der Waals surface area contributed by atoms with Gasteiger partial charge >= 0.3 is 0 Å². The van der Waals surface area contributed by atoms with E-state index in [0.717, 1.165) is 24.3 Å². The molecular weight excluding hydrogens is 229 g/mol. The fraction of sp³-hybridized carbons (Fsp3) is 0.286. The summed E-state index contributed by atoms with van der Waals surface area (Å²) in [7, 11) is 0. The Morgan fingerprint density at radius 2 is 2.11 bits per heavy atom. The number of nitrogens with zero attached hydrogens (tertiary/aromatic N) is 2. The summed E-state index contributed by atoms with van der Waals surface area (Å²) in [5.74, 6) is 1.04. The van der Waals surface area contributed by atoms with Crippen LogP contribution in [0.3, 0.4) is 0 Å². The zero-order valence-electron chi connectivity index (χ0n) is 10.6. The molecule has 0 fully saturated rings. The third-order valence-corrected chi connectivity index (χ3v) is 2.51. The molecule has 0 saturated carbocycles. The zero-order valence-corrected chi connectivity index (χ0v) is 10.6. The predicted octanol–water partition coefficient (Wildman–Crippen LogP) is 3.41. The second kappa shape index (κ2) is 5.58. The van der Waals surface area contributed by atoms with E-state index < -0.39 is 0 Å². The monoisotopic (exact) mass is 245 g/mol. The van der Waals surface area contributed by atoms with Crippen molar-refractivity contribution in [1.82, 2.24) is 9.97 Å². The Kier molecular flexibility index (Phi) is 3.87. The first-order valence-electron chi connectivity index (χ1n) is 6.03. The number of hydrogen-bond acceptors (Lipinski definition) is 3. The number of halogens is 1. The van der Waals surface area contributed by atoms with Crippen molar-refractivity contribution in [3.63, 3.8) is 0 Å². The van der Waals surface area contributed by atoms with Crippen molar-refractivity contribution in [3.8, 4) is 11.4 Å². The van der Waals surface area contributed by atoms with Crippen molar-refractivity contribution in [2.75, 3.05) is 11.9 Å². The molecule has 18 heavy (non-hydrogen) atoms. The fourth-order valence-electron chi connectivity index (χ4n) is 1.71. The second-order valence-corrected chi connectivity index (χ2v) is 4.21. The minimum atomic E-state index is -0.263. The molecule has 3 nitrogen and oxygen atoms in total. The minimum Gasteiger partial charge on any atom is -0.370 e. The molecule has 0 amide bonds. The van der Waals surface area contributed by atoms with Crippen LogP contribution in [0, 0.1) is 12.7 Å². The van der Waals surface area contributed by atoms with Crippen molar-refractivity contribution in [2.24, 2.45) is 0 Å². The molecule has 0 atom stereocenters. The molecule has 2 rings (SSSR count). The van der Waals surface area contributed by atoms with Crippen molar-refractivity contribution in [3.05, 3.63) is 41.8 Å². The van der Waals surface area contributed by atoms with Crippen LogP contribution in [0.25, 0.3) is 11.4 Å². The average Bonchev–Trinajstić information content (AvgIpc) is 2.35. The maximum Gasteiger partial charge on any atom is 0.161 e. The number of hydrogen-bond donors (Lipinski definition) is 1. The number of anilines is 1. The second-order valence-electron chi connectivity index (χ2n) is 4.21.